The Morgan fingerprint density at radius 1 is 0.800 bits per heavy atom. The van der Waals surface area contributed by atoms with Gasteiger partial charge in [-0.2, -0.15) is 0 Å². The Balaban J connectivity index is 3.66. The van der Waals surface area contributed by atoms with Crippen molar-refractivity contribution >= 4 is 0 Å². The molecule has 0 spiro atoms. The van der Waals surface area contributed by atoms with Gasteiger partial charge in [-0.3, -0.25) is 0 Å². The third-order valence-corrected chi connectivity index (χ3v) is 1.85. The standard InChI is InChI=1S/C10H20/c1-8(2)6-7-10(5)9(3)4/h6-10H,1-5H3/b7-6-/t10-/m1/s1. The molecule has 0 aromatic carbocycles. The van der Waals surface area contributed by atoms with Crippen molar-refractivity contribution in [2.24, 2.45) is 17.8 Å². The van der Waals surface area contributed by atoms with Gasteiger partial charge < -0.3 is 0 Å². The van der Waals surface area contributed by atoms with Crippen molar-refractivity contribution in [1.82, 2.24) is 0 Å². The number of allylic oxidation sites excluding steroid dienone is 2. The minimum Gasteiger partial charge on any atom is -0.0857 e. The topological polar surface area (TPSA) is 0 Å². The summed E-state index contributed by atoms with van der Waals surface area (Å²) in [5.41, 5.74) is 0. The van der Waals surface area contributed by atoms with E-state index < -0.39 is 0 Å². The zero-order valence-electron chi connectivity index (χ0n) is 7.89. The van der Waals surface area contributed by atoms with Crippen LogP contribution in [0.25, 0.3) is 0 Å². The van der Waals surface area contributed by atoms with Gasteiger partial charge in [0.25, 0.3) is 0 Å². The monoisotopic (exact) mass is 140 g/mol. The largest absolute Gasteiger partial charge is 0.0857 e. The Hall–Kier alpha value is -0.260. The van der Waals surface area contributed by atoms with Crippen LogP contribution in [-0.4, -0.2) is 0 Å². The number of rotatable bonds is 3. The lowest BCUT2D eigenvalue weighted by Crippen LogP contribution is -1.99. The summed E-state index contributed by atoms with van der Waals surface area (Å²) >= 11 is 0. The van der Waals surface area contributed by atoms with Gasteiger partial charge in [0.05, 0.1) is 0 Å². The first-order chi connectivity index (χ1) is 4.54. The van der Waals surface area contributed by atoms with E-state index >= 15 is 0 Å². The molecule has 0 aliphatic heterocycles. The van der Waals surface area contributed by atoms with Crippen molar-refractivity contribution in [2.45, 2.75) is 34.6 Å². The smallest absolute Gasteiger partial charge is 0.0239 e. The van der Waals surface area contributed by atoms with Crippen LogP contribution in [0.2, 0.25) is 0 Å². The summed E-state index contributed by atoms with van der Waals surface area (Å²) in [7, 11) is 0. The molecule has 0 amide bonds. The molecule has 0 N–H and O–H groups in total. The summed E-state index contributed by atoms with van der Waals surface area (Å²) in [6.07, 6.45) is 4.60. The maximum absolute atomic E-state index is 2.31. The summed E-state index contributed by atoms with van der Waals surface area (Å²) in [5, 5.41) is 0. The molecule has 10 heavy (non-hydrogen) atoms. The Labute approximate surface area is 65.3 Å². The van der Waals surface area contributed by atoms with Crippen molar-refractivity contribution < 1.29 is 0 Å². The Morgan fingerprint density at radius 3 is 1.60 bits per heavy atom. The van der Waals surface area contributed by atoms with E-state index in [-0.39, 0.29) is 0 Å². The molecule has 0 nitrogen and oxygen atoms in total. The van der Waals surface area contributed by atoms with E-state index in [2.05, 4.69) is 46.8 Å². The van der Waals surface area contributed by atoms with E-state index in [1.165, 1.54) is 0 Å². The second-order valence-electron chi connectivity index (χ2n) is 3.73. The first-order valence-corrected chi connectivity index (χ1v) is 4.22. The highest BCUT2D eigenvalue weighted by atomic mass is 14.1. The van der Waals surface area contributed by atoms with Crippen molar-refractivity contribution in [3.05, 3.63) is 12.2 Å². The molecule has 0 rings (SSSR count). The van der Waals surface area contributed by atoms with E-state index in [1.54, 1.807) is 0 Å². The van der Waals surface area contributed by atoms with Gasteiger partial charge in [-0.25, -0.2) is 0 Å². The molecule has 60 valence electrons. The van der Waals surface area contributed by atoms with Gasteiger partial charge in [0.1, 0.15) is 0 Å². The van der Waals surface area contributed by atoms with E-state index in [0.717, 1.165) is 11.8 Å². The number of hydrogen-bond donors (Lipinski definition) is 0. The van der Waals surface area contributed by atoms with Gasteiger partial charge in [-0.05, 0) is 17.8 Å². The molecule has 0 saturated carbocycles. The third kappa shape index (κ3) is 4.60. The van der Waals surface area contributed by atoms with Crippen LogP contribution in [-0.2, 0) is 0 Å². The van der Waals surface area contributed by atoms with E-state index in [0.29, 0.717) is 5.92 Å². The fourth-order valence-corrected chi connectivity index (χ4v) is 0.620. The van der Waals surface area contributed by atoms with Crippen LogP contribution < -0.4 is 0 Å². The van der Waals surface area contributed by atoms with Crippen LogP contribution in [0.5, 0.6) is 0 Å². The molecule has 0 aliphatic rings. The van der Waals surface area contributed by atoms with Crippen LogP contribution in [0.1, 0.15) is 34.6 Å². The number of hydrogen-bond acceptors (Lipinski definition) is 0. The lowest BCUT2D eigenvalue weighted by atomic mass is 9.96. The normalized spacial score (nSPS) is 15.5. The molecule has 0 heteroatoms. The summed E-state index contributed by atoms with van der Waals surface area (Å²) < 4.78 is 0. The van der Waals surface area contributed by atoms with E-state index in [9.17, 15) is 0 Å². The molecule has 0 radical (unpaired) electrons. The van der Waals surface area contributed by atoms with Crippen LogP contribution >= 0.6 is 0 Å². The molecule has 0 unspecified atom stereocenters. The van der Waals surface area contributed by atoms with Gasteiger partial charge in [-0.15, -0.1) is 0 Å². The van der Waals surface area contributed by atoms with Crippen molar-refractivity contribution in [3.8, 4) is 0 Å². The van der Waals surface area contributed by atoms with Gasteiger partial charge in [-0.1, -0.05) is 46.8 Å². The zero-order chi connectivity index (χ0) is 8.15. The van der Waals surface area contributed by atoms with Crippen molar-refractivity contribution in [3.63, 3.8) is 0 Å². The highest BCUT2D eigenvalue weighted by Crippen LogP contribution is 2.11. The quantitative estimate of drug-likeness (QED) is 0.526. The first-order valence-electron chi connectivity index (χ1n) is 4.22. The molecule has 0 saturated heterocycles. The summed E-state index contributed by atoms with van der Waals surface area (Å²) in [4.78, 5) is 0. The van der Waals surface area contributed by atoms with Gasteiger partial charge in [0.2, 0.25) is 0 Å². The van der Waals surface area contributed by atoms with Crippen LogP contribution in [0, 0.1) is 17.8 Å². The van der Waals surface area contributed by atoms with E-state index in [1.807, 2.05) is 0 Å². The Morgan fingerprint density at radius 2 is 1.30 bits per heavy atom. The van der Waals surface area contributed by atoms with Gasteiger partial charge in [0, 0.05) is 0 Å². The maximum Gasteiger partial charge on any atom is -0.0239 e. The highest BCUT2D eigenvalue weighted by molar-refractivity contribution is 4.89. The predicted octanol–water partition coefficient (Wildman–Crippen LogP) is 3.49. The van der Waals surface area contributed by atoms with E-state index in [4.69, 9.17) is 0 Å². The Kier molecular flexibility index (Phi) is 4.42. The molecule has 0 aromatic rings. The lowest BCUT2D eigenvalue weighted by molar-refractivity contribution is 0.501. The molecule has 0 bridgehead atoms. The molecule has 0 fully saturated rings. The second-order valence-corrected chi connectivity index (χ2v) is 3.73. The molecular formula is C10H20. The second kappa shape index (κ2) is 4.54. The first kappa shape index (κ1) is 9.74. The molecule has 1 atom stereocenters. The zero-order valence-corrected chi connectivity index (χ0v) is 7.89. The van der Waals surface area contributed by atoms with Crippen LogP contribution in [0.15, 0.2) is 12.2 Å². The maximum atomic E-state index is 2.31. The van der Waals surface area contributed by atoms with Crippen LogP contribution in [0.3, 0.4) is 0 Å². The third-order valence-electron chi connectivity index (χ3n) is 1.85. The SMILES string of the molecule is CC(C)/C=C\[C@@H](C)C(C)C. The molecule has 0 aliphatic carbocycles. The summed E-state index contributed by atoms with van der Waals surface area (Å²) in [6.45, 7) is 11.2. The minimum absolute atomic E-state index is 0.696. The Bertz CT molecular complexity index is 98.6. The lowest BCUT2D eigenvalue weighted by Gasteiger charge is -2.09. The molecule has 0 heterocycles. The van der Waals surface area contributed by atoms with Gasteiger partial charge >= 0.3 is 0 Å². The molecule has 0 aromatic heterocycles. The van der Waals surface area contributed by atoms with Crippen LogP contribution in [0.4, 0.5) is 0 Å². The fraction of sp³-hybridized carbons (Fsp3) is 0.800. The highest BCUT2D eigenvalue weighted by Gasteiger charge is 2.01. The average molecular weight is 140 g/mol. The summed E-state index contributed by atoms with van der Waals surface area (Å²) in [6, 6.07) is 0. The average Bonchev–Trinajstić information content (AvgIpc) is 1.82. The van der Waals surface area contributed by atoms with Gasteiger partial charge in [0.15, 0.2) is 0 Å². The molecular weight excluding hydrogens is 120 g/mol. The predicted molar refractivity (Wildman–Crippen MR) is 48.0 cm³/mol. The summed E-state index contributed by atoms with van der Waals surface area (Å²) in [5.74, 6) is 2.19. The fourth-order valence-electron chi connectivity index (χ4n) is 0.620. The van der Waals surface area contributed by atoms with Crippen molar-refractivity contribution in [1.29, 1.82) is 0 Å². The minimum atomic E-state index is 0.696. The van der Waals surface area contributed by atoms with Crippen molar-refractivity contribution in [2.75, 3.05) is 0 Å².